The summed E-state index contributed by atoms with van der Waals surface area (Å²) in [5.74, 6) is -0.284. The molecule has 2 aromatic carbocycles. The van der Waals surface area contributed by atoms with Crippen LogP contribution in [-0.2, 0) is 20.9 Å². The highest BCUT2D eigenvalue weighted by Crippen LogP contribution is 2.33. The first-order valence-corrected chi connectivity index (χ1v) is 8.63. The van der Waals surface area contributed by atoms with Crippen LogP contribution in [0, 0.1) is 11.3 Å². The minimum absolute atomic E-state index is 0.124. The topological polar surface area (TPSA) is 97.7 Å². The summed E-state index contributed by atoms with van der Waals surface area (Å²) in [5, 5.41) is 12.3. The Morgan fingerprint density at radius 3 is 2.79 bits per heavy atom. The second-order valence-corrected chi connectivity index (χ2v) is 6.13. The number of carbonyl (C=O) groups excluding carboxylic acids is 2. The highest BCUT2D eigenvalue weighted by Gasteiger charge is 2.16. The number of nitriles is 1. The van der Waals surface area contributed by atoms with Crippen LogP contribution >= 0.6 is 11.6 Å². The molecular weight excluding hydrogens is 384 g/mol. The van der Waals surface area contributed by atoms with E-state index in [0.717, 1.165) is 5.56 Å². The third-order valence-electron chi connectivity index (χ3n) is 3.82. The third kappa shape index (κ3) is 4.81. The zero-order valence-electron chi connectivity index (χ0n) is 14.6. The van der Waals surface area contributed by atoms with Crippen molar-refractivity contribution in [3.05, 3.63) is 64.2 Å². The van der Waals surface area contributed by atoms with Gasteiger partial charge < -0.3 is 19.5 Å². The molecule has 0 atom stereocenters. The molecule has 0 unspecified atom stereocenters. The van der Waals surface area contributed by atoms with Gasteiger partial charge in [-0.3, -0.25) is 4.79 Å². The Balaban J connectivity index is 1.54. The number of halogens is 1. The molecule has 1 aliphatic rings. The van der Waals surface area contributed by atoms with Gasteiger partial charge in [0.05, 0.1) is 0 Å². The zero-order valence-corrected chi connectivity index (χ0v) is 15.4. The Morgan fingerprint density at radius 2 is 2.00 bits per heavy atom. The Morgan fingerprint density at radius 1 is 1.21 bits per heavy atom. The summed E-state index contributed by atoms with van der Waals surface area (Å²) in [7, 11) is 0. The van der Waals surface area contributed by atoms with Gasteiger partial charge in [0.25, 0.3) is 5.91 Å². The predicted molar refractivity (Wildman–Crippen MR) is 100 cm³/mol. The second kappa shape index (κ2) is 8.93. The highest BCUT2D eigenvalue weighted by molar-refractivity contribution is 6.31. The van der Waals surface area contributed by atoms with E-state index in [1.54, 1.807) is 48.5 Å². The molecule has 0 fully saturated rings. The number of carbonyl (C=O) groups is 2. The van der Waals surface area contributed by atoms with Gasteiger partial charge in [-0.1, -0.05) is 35.9 Å². The van der Waals surface area contributed by atoms with Crippen molar-refractivity contribution >= 4 is 29.6 Å². The van der Waals surface area contributed by atoms with Gasteiger partial charge in [0.15, 0.2) is 18.1 Å². The van der Waals surface area contributed by atoms with Crippen LogP contribution in [0.1, 0.15) is 11.1 Å². The van der Waals surface area contributed by atoms with Crippen molar-refractivity contribution in [2.75, 3.05) is 13.4 Å². The molecule has 0 bridgehead atoms. The van der Waals surface area contributed by atoms with Gasteiger partial charge in [-0.05, 0) is 35.4 Å². The number of benzene rings is 2. The van der Waals surface area contributed by atoms with Crippen LogP contribution in [0.3, 0.4) is 0 Å². The zero-order chi connectivity index (χ0) is 19.9. The van der Waals surface area contributed by atoms with Crippen molar-refractivity contribution in [2.45, 2.75) is 6.54 Å². The molecular formula is C20H15ClN2O5. The van der Waals surface area contributed by atoms with E-state index >= 15 is 0 Å². The quantitative estimate of drug-likeness (QED) is 0.456. The fourth-order valence-corrected chi connectivity index (χ4v) is 2.60. The molecule has 3 rings (SSSR count). The summed E-state index contributed by atoms with van der Waals surface area (Å²) in [6.07, 6.45) is 1.35. The van der Waals surface area contributed by atoms with Crippen molar-refractivity contribution in [3.8, 4) is 17.6 Å². The molecule has 1 aliphatic heterocycles. The van der Waals surface area contributed by atoms with Crippen molar-refractivity contribution in [1.82, 2.24) is 5.32 Å². The van der Waals surface area contributed by atoms with E-state index in [4.69, 9.17) is 25.8 Å². The Bertz CT molecular complexity index is 981. The van der Waals surface area contributed by atoms with Crippen LogP contribution in [0.2, 0.25) is 5.02 Å². The lowest BCUT2D eigenvalue weighted by Crippen LogP contribution is -2.28. The first-order valence-electron chi connectivity index (χ1n) is 8.25. The number of fused-ring (bicyclic) bond motifs is 1. The molecule has 0 radical (unpaired) electrons. The number of hydrogen-bond acceptors (Lipinski definition) is 6. The van der Waals surface area contributed by atoms with E-state index < -0.39 is 18.5 Å². The van der Waals surface area contributed by atoms with E-state index in [2.05, 4.69) is 5.32 Å². The first-order chi connectivity index (χ1) is 13.6. The third-order valence-corrected chi connectivity index (χ3v) is 4.18. The Kier molecular flexibility index (Phi) is 6.14. The number of nitrogens with zero attached hydrogens (tertiary/aromatic N) is 1. The minimum atomic E-state index is -0.895. The van der Waals surface area contributed by atoms with Crippen LogP contribution in [0.5, 0.6) is 11.5 Å². The smallest absolute Gasteiger partial charge is 0.349 e. The molecule has 2 aromatic rings. The average molecular weight is 399 g/mol. The number of nitrogens with one attached hydrogen (secondary N) is 1. The van der Waals surface area contributed by atoms with E-state index in [1.165, 1.54) is 6.08 Å². The Labute approximate surface area is 166 Å². The monoisotopic (exact) mass is 398 g/mol. The second-order valence-electron chi connectivity index (χ2n) is 5.73. The fraction of sp³-hybridized carbons (Fsp3) is 0.150. The summed E-state index contributed by atoms with van der Waals surface area (Å²) >= 11 is 6.01. The van der Waals surface area contributed by atoms with Crippen LogP contribution < -0.4 is 14.8 Å². The normalized spacial score (nSPS) is 12.2. The van der Waals surface area contributed by atoms with Gasteiger partial charge in [0.2, 0.25) is 6.79 Å². The molecule has 7 nitrogen and oxygen atoms in total. The van der Waals surface area contributed by atoms with Gasteiger partial charge in [-0.15, -0.1) is 0 Å². The lowest BCUT2D eigenvalue weighted by atomic mass is 10.1. The van der Waals surface area contributed by atoms with Gasteiger partial charge in [0, 0.05) is 11.6 Å². The largest absolute Gasteiger partial charge is 0.454 e. The lowest BCUT2D eigenvalue weighted by molar-refractivity contribution is -0.144. The summed E-state index contributed by atoms with van der Waals surface area (Å²) < 4.78 is 15.4. The molecule has 0 aliphatic carbocycles. The maximum atomic E-state index is 12.1. The average Bonchev–Trinajstić information content (AvgIpc) is 3.17. The lowest BCUT2D eigenvalue weighted by Gasteiger charge is -2.07. The number of amides is 1. The number of hydrogen-bond donors (Lipinski definition) is 1. The van der Waals surface area contributed by atoms with Gasteiger partial charge in [0.1, 0.15) is 11.6 Å². The Hall–Kier alpha value is -3.50. The van der Waals surface area contributed by atoms with Crippen molar-refractivity contribution in [3.63, 3.8) is 0 Å². The fourth-order valence-electron chi connectivity index (χ4n) is 2.40. The summed E-state index contributed by atoms with van der Waals surface area (Å²) in [6, 6.07) is 13.8. The van der Waals surface area contributed by atoms with Crippen LogP contribution in [0.25, 0.3) is 6.08 Å². The number of ether oxygens (including phenoxy) is 3. The molecule has 1 heterocycles. The van der Waals surface area contributed by atoms with Crippen LogP contribution in [-0.4, -0.2) is 25.3 Å². The van der Waals surface area contributed by atoms with Crippen molar-refractivity contribution in [1.29, 1.82) is 5.26 Å². The predicted octanol–water partition coefficient (Wildman–Crippen LogP) is 2.84. The van der Waals surface area contributed by atoms with Gasteiger partial charge in [-0.25, -0.2) is 4.79 Å². The number of esters is 1. The molecule has 0 saturated carbocycles. The van der Waals surface area contributed by atoms with E-state index in [9.17, 15) is 14.9 Å². The van der Waals surface area contributed by atoms with Crippen LogP contribution in [0.4, 0.5) is 0 Å². The molecule has 28 heavy (non-hydrogen) atoms. The SMILES string of the molecule is N#C/C(=C/c1ccc2c(c1)OCO2)C(=O)OCC(=O)NCc1ccccc1Cl. The van der Waals surface area contributed by atoms with E-state index in [0.29, 0.717) is 22.1 Å². The van der Waals surface area contributed by atoms with Crippen molar-refractivity contribution in [2.24, 2.45) is 0 Å². The molecule has 1 N–H and O–H groups in total. The molecule has 0 aromatic heterocycles. The van der Waals surface area contributed by atoms with Crippen LogP contribution in [0.15, 0.2) is 48.0 Å². The highest BCUT2D eigenvalue weighted by atomic mass is 35.5. The molecule has 142 valence electrons. The summed E-state index contributed by atoms with van der Waals surface area (Å²) in [6.45, 7) is -0.184. The molecule has 8 heteroatoms. The van der Waals surface area contributed by atoms with E-state index in [1.807, 2.05) is 0 Å². The first kappa shape index (κ1) is 19.3. The maximum Gasteiger partial charge on any atom is 0.349 e. The van der Waals surface area contributed by atoms with Gasteiger partial charge in [-0.2, -0.15) is 5.26 Å². The summed E-state index contributed by atoms with van der Waals surface area (Å²) in [4.78, 5) is 23.9. The molecule has 0 spiro atoms. The molecule has 0 saturated heterocycles. The standard InChI is InChI=1S/C20H15ClN2O5/c21-16-4-2-1-3-14(16)10-23-19(24)11-26-20(25)15(9-22)7-13-5-6-17-18(8-13)28-12-27-17/h1-8H,10-12H2,(H,23,24)/b15-7-. The number of rotatable bonds is 6. The summed E-state index contributed by atoms with van der Waals surface area (Å²) in [5.41, 5.74) is 1.07. The van der Waals surface area contributed by atoms with Crippen molar-refractivity contribution < 1.29 is 23.8 Å². The molecule has 1 amide bonds. The minimum Gasteiger partial charge on any atom is -0.454 e. The van der Waals surface area contributed by atoms with E-state index in [-0.39, 0.29) is 18.9 Å². The maximum absolute atomic E-state index is 12.1. The van der Waals surface area contributed by atoms with Gasteiger partial charge >= 0.3 is 5.97 Å².